The molecule has 0 radical (unpaired) electrons. The van der Waals surface area contributed by atoms with Crippen LogP contribution in [0.2, 0.25) is 0 Å². The van der Waals surface area contributed by atoms with Crippen molar-refractivity contribution >= 4 is 11.9 Å². The number of rotatable bonds is 4. The van der Waals surface area contributed by atoms with Gasteiger partial charge in [0.25, 0.3) is 0 Å². The fourth-order valence-corrected chi connectivity index (χ4v) is 1.70. The zero-order valence-corrected chi connectivity index (χ0v) is 11.1. The van der Waals surface area contributed by atoms with Gasteiger partial charge in [0, 0.05) is 5.56 Å². The van der Waals surface area contributed by atoms with Crippen molar-refractivity contribution in [3.05, 3.63) is 71.3 Å². The van der Waals surface area contributed by atoms with E-state index in [0.29, 0.717) is 5.56 Å². The van der Waals surface area contributed by atoms with Gasteiger partial charge in [-0.15, -0.1) is 0 Å². The minimum absolute atomic E-state index is 0.0109. The fraction of sp³-hybridized carbons (Fsp3) is 0.118. The van der Waals surface area contributed by atoms with Crippen molar-refractivity contribution in [1.29, 1.82) is 0 Å². The SMILES string of the molecule is COc1ccc(C(=O)/C=C\c2ccc(C)cc2)cc1. The second kappa shape index (κ2) is 6.01. The molecule has 0 saturated heterocycles. The zero-order valence-electron chi connectivity index (χ0n) is 11.1. The molecule has 2 rings (SSSR count). The monoisotopic (exact) mass is 252 g/mol. The summed E-state index contributed by atoms with van der Waals surface area (Å²) < 4.78 is 5.06. The Morgan fingerprint density at radius 2 is 1.63 bits per heavy atom. The standard InChI is InChI=1S/C17H16O2/c1-13-3-5-14(6-4-13)7-12-17(18)15-8-10-16(19-2)11-9-15/h3-12H,1-2H3/b12-7-. The molecule has 2 aromatic carbocycles. The van der Waals surface area contributed by atoms with Gasteiger partial charge in [0.05, 0.1) is 7.11 Å². The number of carbonyl (C=O) groups is 1. The quantitative estimate of drug-likeness (QED) is 0.609. The first-order valence-corrected chi connectivity index (χ1v) is 6.12. The number of aryl methyl sites for hydroxylation is 1. The Morgan fingerprint density at radius 1 is 1.00 bits per heavy atom. The van der Waals surface area contributed by atoms with Gasteiger partial charge in [0.1, 0.15) is 5.75 Å². The highest BCUT2D eigenvalue weighted by Gasteiger charge is 2.01. The second-order valence-electron chi connectivity index (χ2n) is 4.34. The molecule has 0 aliphatic carbocycles. The summed E-state index contributed by atoms with van der Waals surface area (Å²) in [6.45, 7) is 2.04. The molecule has 0 bridgehead atoms. The highest BCUT2D eigenvalue weighted by molar-refractivity contribution is 6.06. The Morgan fingerprint density at radius 3 is 2.21 bits per heavy atom. The average molecular weight is 252 g/mol. The molecule has 0 spiro atoms. The second-order valence-corrected chi connectivity index (χ2v) is 4.34. The molecule has 0 unspecified atom stereocenters. The maximum atomic E-state index is 12.0. The number of hydrogen-bond acceptors (Lipinski definition) is 2. The van der Waals surface area contributed by atoms with Gasteiger partial charge in [0.15, 0.2) is 5.78 Å². The molecule has 19 heavy (non-hydrogen) atoms. The zero-order chi connectivity index (χ0) is 13.7. The van der Waals surface area contributed by atoms with E-state index in [-0.39, 0.29) is 5.78 Å². The van der Waals surface area contributed by atoms with Gasteiger partial charge in [-0.3, -0.25) is 4.79 Å². The van der Waals surface area contributed by atoms with Gasteiger partial charge in [-0.05, 0) is 42.8 Å². The number of ketones is 1. The molecule has 0 heterocycles. The first-order valence-electron chi connectivity index (χ1n) is 6.12. The number of benzene rings is 2. The predicted octanol–water partition coefficient (Wildman–Crippen LogP) is 3.90. The van der Waals surface area contributed by atoms with E-state index in [1.165, 1.54) is 5.56 Å². The maximum absolute atomic E-state index is 12.0. The Kier molecular flexibility index (Phi) is 4.14. The normalized spacial score (nSPS) is 10.6. The van der Waals surface area contributed by atoms with Crippen LogP contribution in [-0.4, -0.2) is 12.9 Å². The summed E-state index contributed by atoms with van der Waals surface area (Å²) in [4.78, 5) is 12.0. The maximum Gasteiger partial charge on any atom is 0.185 e. The summed E-state index contributed by atoms with van der Waals surface area (Å²) in [5.41, 5.74) is 2.88. The number of hydrogen-bond donors (Lipinski definition) is 0. The molecule has 0 aliphatic heterocycles. The van der Waals surface area contributed by atoms with E-state index < -0.39 is 0 Å². The van der Waals surface area contributed by atoms with Crippen LogP contribution in [0.15, 0.2) is 54.6 Å². The van der Waals surface area contributed by atoms with Crippen molar-refractivity contribution in [3.63, 3.8) is 0 Å². The third-order valence-corrected chi connectivity index (χ3v) is 2.88. The van der Waals surface area contributed by atoms with Gasteiger partial charge in [-0.1, -0.05) is 35.9 Å². The molecule has 0 N–H and O–H groups in total. The highest BCUT2D eigenvalue weighted by Crippen LogP contribution is 2.13. The van der Waals surface area contributed by atoms with Crippen LogP contribution in [-0.2, 0) is 0 Å². The summed E-state index contributed by atoms with van der Waals surface area (Å²) in [6.07, 6.45) is 3.42. The molecule has 2 nitrogen and oxygen atoms in total. The van der Waals surface area contributed by atoms with E-state index in [1.807, 2.05) is 37.3 Å². The van der Waals surface area contributed by atoms with Gasteiger partial charge in [-0.25, -0.2) is 0 Å². The Hall–Kier alpha value is -2.35. The van der Waals surface area contributed by atoms with Crippen molar-refractivity contribution in [1.82, 2.24) is 0 Å². The molecule has 0 fully saturated rings. The molecular formula is C17H16O2. The van der Waals surface area contributed by atoms with Crippen molar-refractivity contribution < 1.29 is 9.53 Å². The van der Waals surface area contributed by atoms with E-state index in [2.05, 4.69) is 0 Å². The molecule has 0 saturated carbocycles. The molecule has 0 amide bonds. The Bertz CT molecular complexity index is 578. The summed E-state index contributed by atoms with van der Waals surface area (Å²) in [7, 11) is 1.61. The van der Waals surface area contributed by atoms with E-state index in [0.717, 1.165) is 11.3 Å². The van der Waals surface area contributed by atoms with Gasteiger partial charge >= 0.3 is 0 Å². The first-order chi connectivity index (χ1) is 9.19. The molecular weight excluding hydrogens is 236 g/mol. The average Bonchev–Trinajstić information content (AvgIpc) is 2.46. The lowest BCUT2D eigenvalue weighted by Gasteiger charge is -2.00. The van der Waals surface area contributed by atoms with Gasteiger partial charge < -0.3 is 4.74 Å². The Labute approximate surface area is 113 Å². The van der Waals surface area contributed by atoms with Crippen molar-refractivity contribution in [2.75, 3.05) is 7.11 Å². The predicted molar refractivity (Wildman–Crippen MR) is 77.5 cm³/mol. The molecule has 0 aliphatic rings. The van der Waals surface area contributed by atoms with Crippen LogP contribution in [0.5, 0.6) is 5.75 Å². The third kappa shape index (κ3) is 3.55. The minimum Gasteiger partial charge on any atom is -0.497 e. The van der Waals surface area contributed by atoms with Crippen molar-refractivity contribution in [2.45, 2.75) is 6.92 Å². The van der Waals surface area contributed by atoms with Gasteiger partial charge in [-0.2, -0.15) is 0 Å². The Balaban J connectivity index is 2.09. The van der Waals surface area contributed by atoms with E-state index in [9.17, 15) is 4.79 Å². The summed E-state index contributed by atoms with van der Waals surface area (Å²) in [5.74, 6) is 0.738. The summed E-state index contributed by atoms with van der Waals surface area (Å²) in [6, 6.07) is 15.1. The van der Waals surface area contributed by atoms with Crippen LogP contribution in [0.4, 0.5) is 0 Å². The van der Waals surface area contributed by atoms with Crippen LogP contribution in [0.25, 0.3) is 6.08 Å². The lowest BCUT2D eigenvalue weighted by Crippen LogP contribution is -1.94. The van der Waals surface area contributed by atoms with Crippen molar-refractivity contribution in [2.24, 2.45) is 0 Å². The number of allylic oxidation sites excluding steroid dienone is 1. The highest BCUT2D eigenvalue weighted by atomic mass is 16.5. The lowest BCUT2D eigenvalue weighted by molar-refractivity contribution is 0.104. The van der Waals surface area contributed by atoms with Crippen LogP contribution in [0.1, 0.15) is 21.5 Å². The molecule has 0 aromatic heterocycles. The summed E-state index contributed by atoms with van der Waals surface area (Å²) >= 11 is 0. The molecule has 2 heteroatoms. The third-order valence-electron chi connectivity index (χ3n) is 2.88. The van der Waals surface area contributed by atoms with Crippen LogP contribution < -0.4 is 4.74 Å². The number of ether oxygens (including phenoxy) is 1. The largest absolute Gasteiger partial charge is 0.497 e. The smallest absolute Gasteiger partial charge is 0.185 e. The fourth-order valence-electron chi connectivity index (χ4n) is 1.70. The number of carbonyl (C=O) groups excluding carboxylic acids is 1. The van der Waals surface area contributed by atoms with Crippen LogP contribution in [0, 0.1) is 6.92 Å². The summed E-state index contributed by atoms with van der Waals surface area (Å²) in [5, 5.41) is 0. The van der Waals surface area contributed by atoms with Gasteiger partial charge in [0.2, 0.25) is 0 Å². The number of methoxy groups -OCH3 is 1. The van der Waals surface area contributed by atoms with E-state index in [1.54, 1.807) is 37.5 Å². The molecule has 96 valence electrons. The van der Waals surface area contributed by atoms with E-state index >= 15 is 0 Å². The van der Waals surface area contributed by atoms with E-state index in [4.69, 9.17) is 4.74 Å². The topological polar surface area (TPSA) is 26.3 Å². The van der Waals surface area contributed by atoms with Crippen molar-refractivity contribution in [3.8, 4) is 5.75 Å². The lowest BCUT2D eigenvalue weighted by atomic mass is 10.1. The minimum atomic E-state index is -0.0109. The first kappa shape index (κ1) is 13.1. The molecule has 0 atom stereocenters. The molecule has 2 aromatic rings. The van der Waals surface area contributed by atoms with Crippen LogP contribution in [0.3, 0.4) is 0 Å². The van der Waals surface area contributed by atoms with Crippen LogP contribution >= 0.6 is 0 Å².